The van der Waals surface area contributed by atoms with Crippen LogP contribution in [-0.4, -0.2) is 43.3 Å². The highest BCUT2D eigenvalue weighted by Gasteiger charge is 2.19. The van der Waals surface area contributed by atoms with Gasteiger partial charge in [0.05, 0.1) is 19.3 Å². The minimum absolute atomic E-state index is 0.0512. The molecule has 138 valence electrons. The number of nitrogens with zero attached hydrogens (tertiary/aromatic N) is 1. The van der Waals surface area contributed by atoms with Gasteiger partial charge in [-0.15, -0.1) is 0 Å². The second kappa shape index (κ2) is 9.20. The van der Waals surface area contributed by atoms with E-state index in [2.05, 4.69) is 18.3 Å². The molecular weight excluding hydrogens is 316 g/mol. The Morgan fingerprint density at radius 1 is 1.28 bits per heavy atom. The van der Waals surface area contributed by atoms with Gasteiger partial charge in [0.25, 0.3) is 0 Å². The summed E-state index contributed by atoms with van der Waals surface area (Å²) in [6.45, 7) is 5.65. The van der Waals surface area contributed by atoms with Gasteiger partial charge in [-0.2, -0.15) is 0 Å². The van der Waals surface area contributed by atoms with E-state index in [0.717, 1.165) is 49.6 Å². The number of hydrogen-bond donors (Lipinski definition) is 1. The second-order valence-corrected chi connectivity index (χ2v) is 7.29. The molecule has 25 heavy (non-hydrogen) atoms. The van der Waals surface area contributed by atoms with Crippen LogP contribution in [0.25, 0.3) is 0 Å². The molecule has 1 aliphatic carbocycles. The van der Waals surface area contributed by atoms with Crippen molar-refractivity contribution in [3.63, 3.8) is 0 Å². The standard InChI is InChI=1S/C20H30N2O3/c1-16-5-2-8-19(13-16)25-15-17-6-3-7-18(14-17)21-20(23)22-9-4-11-24-12-10-22/h3,6-7,14,16,19H,2,4-5,8-13,15H2,1H3,(H,21,23)/t16-,19+/m0/s1. The molecule has 1 aromatic carbocycles. The minimum Gasteiger partial charge on any atom is -0.380 e. The van der Waals surface area contributed by atoms with Gasteiger partial charge in [-0.3, -0.25) is 0 Å². The molecule has 2 fully saturated rings. The smallest absolute Gasteiger partial charge is 0.321 e. The van der Waals surface area contributed by atoms with Crippen LogP contribution in [0.3, 0.4) is 0 Å². The van der Waals surface area contributed by atoms with Gasteiger partial charge < -0.3 is 19.7 Å². The highest BCUT2D eigenvalue weighted by Crippen LogP contribution is 2.26. The first-order valence-corrected chi connectivity index (χ1v) is 9.55. The molecule has 0 bridgehead atoms. The molecule has 1 aliphatic heterocycles. The lowest BCUT2D eigenvalue weighted by Gasteiger charge is -2.26. The molecule has 1 N–H and O–H groups in total. The SMILES string of the molecule is C[C@H]1CCC[C@@H](OCc2cccc(NC(=O)N3CCCOCC3)c2)C1. The van der Waals surface area contributed by atoms with E-state index >= 15 is 0 Å². The van der Waals surface area contributed by atoms with E-state index in [1.54, 1.807) is 0 Å². The van der Waals surface area contributed by atoms with Crippen molar-refractivity contribution in [1.82, 2.24) is 4.90 Å². The van der Waals surface area contributed by atoms with Gasteiger partial charge in [0.15, 0.2) is 0 Å². The Morgan fingerprint density at radius 3 is 3.08 bits per heavy atom. The summed E-state index contributed by atoms with van der Waals surface area (Å²) in [7, 11) is 0. The highest BCUT2D eigenvalue weighted by atomic mass is 16.5. The van der Waals surface area contributed by atoms with Gasteiger partial charge in [-0.1, -0.05) is 31.9 Å². The minimum atomic E-state index is -0.0512. The van der Waals surface area contributed by atoms with Crippen LogP contribution in [0.15, 0.2) is 24.3 Å². The number of rotatable bonds is 4. The maximum absolute atomic E-state index is 12.4. The normalized spacial score (nSPS) is 24.6. The van der Waals surface area contributed by atoms with Gasteiger partial charge in [0.2, 0.25) is 0 Å². The van der Waals surface area contributed by atoms with Crippen LogP contribution in [0.1, 0.15) is 44.6 Å². The summed E-state index contributed by atoms with van der Waals surface area (Å²) in [5, 5.41) is 3.00. The average Bonchev–Trinajstić information content (AvgIpc) is 2.90. The molecule has 5 nitrogen and oxygen atoms in total. The fourth-order valence-electron chi connectivity index (χ4n) is 3.63. The second-order valence-electron chi connectivity index (χ2n) is 7.29. The number of urea groups is 1. The molecule has 0 spiro atoms. The molecule has 5 heteroatoms. The van der Waals surface area contributed by atoms with Crippen molar-refractivity contribution in [1.29, 1.82) is 0 Å². The van der Waals surface area contributed by atoms with Crippen molar-refractivity contribution in [2.24, 2.45) is 5.92 Å². The molecular formula is C20H30N2O3. The zero-order chi connectivity index (χ0) is 17.5. The van der Waals surface area contributed by atoms with E-state index in [1.807, 2.05) is 23.1 Å². The largest absolute Gasteiger partial charge is 0.380 e. The van der Waals surface area contributed by atoms with E-state index in [4.69, 9.17) is 9.47 Å². The van der Waals surface area contributed by atoms with E-state index in [0.29, 0.717) is 25.9 Å². The Balaban J connectivity index is 1.51. The first-order valence-electron chi connectivity index (χ1n) is 9.55. The van der Waals surface area contributed by atoms with Gasteiger partial charge in [0.1, 0.15) is 0 Å². The first-order chi connectivity index (χ1) is 12.2. The fraction of sp³-hybridized carbons (Fsp3) is 0.650. The van der Waals surface area contributed by atoms with Gasteiger partial charge >= 0.3 is 6.03 Å². The summed E-state index contributed by atoms with van der Waals surface area (Å²) in [6.07, 6.45) is 6.18. The van der Waals surface area contributed by atoms with Crippen LogP contribution >= 0.6 is 0 Å². The van der Waals surface area contributed by atoms with E-state index in [-0.39, 0.29) is 6.03 Å². The van der Waals surface area contributed by atoms with Crippen LogP contribution in [0.5, 0.6) is 0 Å². The predicted octanol–water partition coefficient (Wildman–Crippen LogP) is 4.04. The summed E-state index contributed by atoms with van der Waals surface area (Å²) >= 11 is 0. The molecule has 0 aromatic heterocycles. The van der Waals surface area contributed by atoms with Crippen LogP contribution in [-0.2, 0) is 16.1 Å². The maximum atomic E-state index is 12.4. The summed E-state index contributed by atoms with van der Waals surface area (Å²) < 4.78 is 11.5. The van der Waals surface area contributed by atoms with Crippen LogP contribution < -0.4 is 5.32 Å². The molecule has 1 aromatic rings. The number of anilines is 1. The molecule has 0 radical (unpaired) electrons. The third kappa shape index (κ3) is 5.72. The number of benzene rings is 1. The molecule has 1 saturated heterocycles. The molecule has 2 atom stereocenters. The average molecular weight is 346 g/mol. The molecule has 3 rings (SSSR count). The van der Waals surface area contributed by atoms with Crippen LogP contribution in [0.4, 0.5) is 10.5 Å². The Kier molecular flexibility index (Phi) is 6.70. The molecule has 0 unspecified atom stereocenters. The van der Waals surface area contributed by atoms with Crippen molar-refractivity contribution >= 4 is 11.7 Å². The third-order valence-corrected chi connectivity index (χ3v) is 5.06. The Labute approximate surface area is 150 Å². The van der Waals surface area contributed by atoms with Crippen molar-refractivity contribution in [3.05, 3.63) is 29.8 Å². The highest BCUT2D eigenvalue weighted by molar-refractivity contribution is 5.89. The number of amides is 2. The van der Waals surface area contributed by atoms with E-state index in [9.17, 15) is 4.79 Å². The van der Waals surface area contributed by atoms with Gasteiger partial charge in [0, 0.05) is 25.4 Å². The zero-order valence-corrected chi connectivity index (χ0v) is 15.2. The van der Waals surface area contributed by atoms with Crippen molar-refractivity contribution < 1.29 is 14.3 Å². The van der Waals surface area contributed by atoms with Crippen LogP contribution in [0, 0.1) is 5.92 Å². The summed E-state index contributed by atoms with van der Waals surface area (Å²) in [4.78, 5) is 14.2. The van der Waals surface area contributed by atoms with Gasteiger partial charge in [-0.25, -0.2) is 4.79 Å². The van der Waals surface area contributed by atoms with Crippen molar-refractivity contribution in [2.75, 3.05) is 31.6 Å². The summed E-state index contributed by atoms with van der Waals surface area (Å²) in [5.41, 5.74) is 1.93. The van der Waals surface area contributed by atoms with Gasteiger partial charge in [-0.05, 0) is 42.9 Å². The first kappa shape index (κ1) is 18.2. The van der Waals surface area contributed by atoms with E-state index < -0.39 is 0 Å². The van der Waals surface area contributed by atoms with E-state index in [1.165, 1.54) is 12.8 Å². The molecule has 1 saturated carbocycles. The Morgan fingerprint density at radius 2 is 2.20 bits per heavy atom. The number of hydrogen-bond acceptors (Lipinski definition) is 3. The Bertz CT molecular complexity index is 556. The molecule has 2 aliphatic rings. The maximum Gasteiger partial charge on any atom is 0.321 e. The Hall–Kier alpha value is -1.59. The number of carbonyl (C=O) groups excluding carboxylic acids is 1. The topological polar surface area (TPSA) is 50.8 Å². The van der Waals surface area contributed by atoms with Crippen molar-refractivity contribution in [2.45, 2.75) is 51.7 Å². The quantitative estimate of drug-likeness (QED) is 0.895. The zero-order valence-electron chi connectivity index (χ0n) is 15.2. The number of carbonyl (C=O) groups is 1. The summed E-state index contributed by atoms with van der Waals surface area (Å²) in [6, 6.07) is 7.92. The molecule has 1 heterocycles. The van der Waals surface area contributed by atoms with Crippen LogP contribution in [0.2, 0.25) is 0 Å². The van der Waals surface area contributed by atoms with Crippen molar-refractivity contribution in [3.8, 4) is 0 Å². The lowest BCUT2D eigenvalue weighted by Crippen LogP contribution is -2.36. The lowest BCUT2D eigenvalue weighted by atomic mass is 9.89. The monoisotopic (exact) mass is 346 g/mol. The fourth-order valence-corrected chi connectivity index (χ4v) is 3.63. The summed E-state index contributed by atoms with van der Waals surface area (Å²) in [5.74, 6) is 0.766. The predicted molar refractivity (Wildman–Crippen MR) is 98.7 cm³/mol. The lowest BCUT2D eigenvalue weighted by molar-refractivity contribution is 0.00468. The molecule has 2 amide bonds. The number of nitrogens with one attached hydrogen (secondary N) is 1. The third-order valence-electron chi connectivity index (χ3n) is 5.06. The number of ether oxygens (including phenoxy) is 2.